The minimum Gasteiger partial charge on any atom is -0.480 e. The van der Waals surface area contributed by atoms with Crippen molar-refractivity contribution in [2.24, 2.45) is 11.7 Å². The number of nitrogens with two attached hydrogens (primary N) is 1. The highest BCUT2D eigenvalue weighted by Crippen LogP contribution is 2.27. The van der Waals surface area contributed by atoms with Crippen LogP contribution in [0.25, 0.3) is 0 Å². The Morgan fingerprint density at radius 2 is 2.03 bits per heavy atom. The Morgan fingerprint density at radius 3 is 2.61 bits per heavy atom. The zero-order chi connectivity index (χ0) is 24.4. The molecule has 1 amide bonds. The molecule has 0 spiro atoms. The van der Waals surface area contributed by atoms with E-state index in [1.807, 2.05) is 18.4 Å². The minimum absolute atomic E-state index is 0.124. The van der Waals surface area contributed by atoms with Crippen LogP contribution in [0.2, 0.25) is 0 Å². The number of hydrogen-bond acceptors (Lipinski definition) is 6. The average molecular weight is 494 g/mol. The Kier molecular flexibility index (Phi) is 11.8. The number of aliphatic carboxylic acids is 1. The van der Waals surface area contributed by atoms with Crippen LogP contribution in [-0.2, 0) is 16.0 Å². The topological polar surface area (TPSA) is 95.7 Å². The van der Waals surface area contributed by atoms with Crippen molar-refractivity contribution in [3.05, 3.63) is 47.5 Å². The first kappa shape index (κ1) is 27.8. The van der Waals surface area contributed by atoms with Crippen LogP contribution >= 0.6 is 24.4 Å². The van der Waals surface area contributed by atoms with Crippen molar-refractivity contribution in [2.75, 3.05) is 30.9 Å². The van der Waals surface area contributed by atoms with E-state index in [1.165, 1.54) is 11.1 Å². The van der Waals surface area contributed by atoms with E-state index in [2.05, 4.69) is 61.0 Å². The van der Waals surface area contributed by atoms with Crippen LogP contribution in [-0.4, -0.2) is 70.9 Å². The Balaban J connectivity index is 2.09. The second-order valence-corrected chi connectivity index (χ2v) is 10.5. The summed E-state index contributed by atoms with van der Waals surface area (Å²) in [5.41, 5.74) is 8.52. The second kappa shape index (κ2) is 14.0. The van der Waals surface area contributed by atoms with Gasteiger partial charge in [-0.25, -0.2) is 4.79 Å². The van der Waals surface area contributed by atoms with Crippen LogP contribution in [0.3, 0.4) is 0 Å². The van der Waals surface area contributed by atoms with Gasteiger partial charge in [-0.15, -0.1) is 0 Å². The first-order chi connectivity index (χ1) is 15.7. The molecule has 1 aromatic carbocycles. The maximum Gasteiger partial charge on any atom is 0.326 e. The van der Waals surface area contributed by atoms with Gasteiger partial charge in [-0.3, -0.25) is 9.69 Å². The van der Waals surface area contributed by atoms with Gasteiger partial charge in [0.25, 0.3) is 0 Å². The quantitative estimate of drug-likeness (QED) is 0.249. The lowest BCUT2D eigenvalue weighted by Crippen LogP contribution is -2.49. The molecular weight excluding hydrogens is 454 g/mol. The van der Waals surface area contributed by atoms with E-state index < -0.39 is 12.0 Å². The fourth-order valence-electron chi connectivity index (χ4n) is 4.19. The summed E-state index contributed by atoms with van der Waals surface area (Å²) in [6.07, 6.45) is 7.85. The molecule has 8 heteroatoms. The van der Waals surface area contributed by atoms with Crippen molar-refractivity contribution in [1.82, 2.24) is 10.2 Å². The SMILES string of the molecule is CSCC[C@H](NC(=O)[C@@H]1C[C@@H](Cc2ccc(C(C)C)cc2)CN1C/C=C/[C@@H](N)CS)C(=O)O. The Bertz CT molecular complexity index is 786. The van der Waals surface area contributed by atoms with Crippen molar-refractivity contribution < 1.29 is 14.7 Å². The van der Waals surface area contributed by atoms with Crippen LogP contribution < -0.4 is 11.1 Å². The van der Waals surface area contributed by atoms with Crippen LogP contribution in [0.5, 0.6) is 0 Å². The zero-order valence-electron chi connectivity index (χ0n) is 19.9. The van der Waals surface area contributed by atoms with Crippen molar-refractivity contribution in [1.29, 1.82) is 0 Å². The van der Waals surface area contributed by atoms with Crippen LogP contribution in [0.15, 0.2) is 36.4 Å². The molecule has 4 N–H and O–H groups in total. The van der Waals surface area contributed by atoms with E-state index >= 15 is 0 Å². The standard InChI is InChI=1S/C25H39N3O3S2/c1-17(2)20-8-6-18(7-9-20)13-19-14-23(28(15-19)11-4-5-21(26)16-32)24(29)27-22(25(30)31)10-12-33-3/h4-9,17,19,21-23,32H,10-16,26H2,1-3H3,(H,27,29)(H,30,31)/b5-4+/t19-,21-,22+,23+/m1/s1. The monoisotopic (exact) mass is 493 g/mol. The lowest BCUT2D eigenvalue weighted by Gasteiger charge is -2.24. The molecule has 0 radical (unpaired) electrons. The number of rotatable bonds is 13. The second-order valence-electron chi connectivity index (χ2n) is 9.13. The number of thiol groups is 1. The Labute approximate surface area is 208 Å². The number of benzene rings is 1. The van der Waals surface area contributed by atoms with Gasteiger partial charge in [0.05, 0.1) is 6.04 Å². The van der Waals surface area contributed by atoms with Gasteiger partial charge in [0.15, 0.2) is 0 Å². The van der Waals surface area contributed by atoms with Gasteiger partial charge < -0.3 is 16.2 Å². The number of likely N-dealkylation sites (tertiary alicyclic amines) is 1. The third-order valence-corrected chi connectivity index (χ3v) is 7.19. The number of nitrogens with zero attached hydrogens (tertiary/aromatic N) is 1. The third kappa shape index (κ3) is 9.00. The van der Waals surface area contributed by atoms with E-state index in [0.29, 0.717) is 42.7 Å². The predicted octanol–water partition coefficient (Wildman–Crippen LogP) is 3.18. The predicted molar refractivity (Wildman–Crippen MR) is 141 cm³/mol. The number of amides is 1. The minimum atomic E-state index is -0.983. The summed E-state index contributed by atoms with van der Waals surface area (Å²) in [5, 5.41) is 12.3. The molecular formula is C25H39N3O3S2. The van der Waals surface area contributed by atoms with Crippen molar-refractivity contribution in [2.45, 2.75) is 57.2 Å². The molecule has 1 aliphatic rings. The summed E-state index contributed by atoms with van der Waals surface area (Å²) in [6.45, 7) is 5.76. The van der Waals surface area contributed by atoms with E-state index in [0.717, 1.165) is 13.0 Å². The summed E-state index contributed by atoms with van der Waals surface area (Å²) in [4.78, 5) is 26.9. The molecule has 1 heterocycles. The lowest BCUT2D eigenvalue weighted by atomic mass is 9.94. The zero-order valence-corrected chi connectivity index (χ0v) is 21.7. The van der Waals surface area contributed by atoms with Gasteiger partial charge in [-0.1, -0.05) is 50.3 Å². The summed E-state index contributed by atoms with van der Waals surface area (Å²) in [7, 11) is 0. The number of carboxylic acid groups (broad SMARTS) is 1. The summed E-state index contributed by atoms with van der Waals surface area (Å²) in [5.74, 6) is 0.886. The fraction of sp³-hybridized carbons (Fsp3) is 0.600. The summed E-state index contributed by atoms with van der Waals surface area (Å²) < 4.78 is 0. The number of thioether (sulfide) groups is 1. The average Bonchev–Trinajstić information content (AvgIpc) is 3.18. The number of carboxylic acids is 1. The van der Waals surface area contributed by atoms with E-state index in [9.17, 15) is 14.7 Å². The van der Waals surface area contributed by atoms with E-state index in [1.54, 1.807) is 11.8 Å². The molecule has 0 bridgehead atoms. The lowest BCUT2D eigenvalue weighted by molar-refractivity contribution is -0.142. The normalized spacial score (nSPS) is 20.9. The highest BCUT2D eigenvalue weighted by atomic mass is 32.2. The molecule has 0 saturated carbocycles. The van der Waals surface area contributed by atoms with Gasteiger partial charge in [0.2, 0.25) is 5.91 Å². The highest BCUT2D eigenvalue weighted by molar-refractivity contribution is 7.98. The molecule has 1 saturated heterocycles. The van der Waals surface area contributed by atoms with Crippen LogP contribution in [0, 0.1) is 5.92 Å². The maximum atomic E-state index is 13.1. The molecule has 1 fully saturated rings. The van der Waals surface area contributed by atoms with E-state index in [-0.39, 0.29) is 18.0 Å². The van der Waals surface area contributed by atoms with E-state index in [4.69, 9.17) is 5.73 Å². The molecule has 1 aromatic rings. The number of carbonyl (C=O) groups is 2. The summed E-state index contributed by atoms with van der Waals surface area (Å²) in [6, 6.07) is 7.40. The van der Waals surface area contributed by atoms with Gasteiger partial charge in [0.1, 0.15) is 6.04 Å². The highest BCUT2D eigenvalue weighted by Gasteiger charge is 2.37. The van der Waals surface area contributed by atoms with Crippen molar-refractivity contribution in [3.63, 3.8) is 0 Å². The molecule has 33 heavy (non-hydrogen) atoms. The first-order valence-corrected chi connectivity index (χ1v) is 13.7. The number of carbonyl (C=O) groups excluding carboxylic acids is 1. The van der Waals surface area contributed by atoms with Crippen molar-refractivity contribution >= 4 is 36.3 Å². The molecule has 0 aromatic heterocycles. The Morgan fingerprint density at radius 1 is 1.33 bits per heavy atom. The number of hydrogen-bond donors (Lipinski definition) is 4. The van der Waals surface area contributed by atoms with Crippen molar-refractivity contribution in [3.8, 4) is 0 Å². The smallest absolute Gasteiger partial charge is 0.326 e. The first-order valence-electron chi connectivity index (χ1n) is 11.6. The van der Waals surface area contributed by atoms with Gasteiger partial charge in [0, 0.05) is 24.9 Å². The molecule has 6 nitrogen and oxygen atoms in total. The fourth-order valence-corrected chi connectivity index (χ4v) is 4.78. The van der Waals surface area contributed by atoms with Gasteiger partial charge in [-0.05, 0) is 54.2 Å². The maximum absolute atomic E-state index is 13.1. The molecule has 184 valence electrons. The number of nitrogens with one attached hydrogen (secondary N) is 1. The van der Waals surface area contributed by atoms with Gasteiger partial charge >= 0.3 is 5.97 Å². The van der Waals surface area contributed by atoms with Crippen LogP contribution in [0.1, 0.15) is 43.7 Å². The third-order valence-electron chi connectivity index (χ3n) is 6.12. The summed E-state index contributed by atoms with van der Waals surface area (Å²) >= 11 is 5.79. The molecule has 1 aliphatic heterocycles. The molecule has 4 atom stereocenters. The molecule has 0 unspecified atom stereocenters. The Hall–Kier alpha value is -1.48. The van der Waals surface area contributed by atoms with Crippen LogP contribution in [0.4, 0.5) is 0 Å². The molecule has 2 rings (SSSR count). The van der Waals surface area contributed by atoms with Gasteiger partial charge in [-0.2, -0.15) is 24.4 Å². The largest absolute Gasteiger partial charge is 0.480 e. The molecule has 0 aliphatic carbocycles.